The summed E-state index contributed by atoms with van der Waals surface area (Å²) in [4.78, 5) is 7.41. The van der Waals surface area contributed by atoms with Gasteiger partial charge in [0.1, 0.15) is 0 Å². The summed E-state index contributed by atoms with van der Waals surface area (Å²) in [7, 11) is 1.74. The third kappa shape index (κ3) is 2.70. The number of rotatable bonds is 2. The Morgan fingerprint density at radius 1 is 1.16 bits per heavy atom. The summed E-state index contributed by atoms with van der Waals surface area (Å²) in [6, 6.07) is 8.96. The molecule has 0 unspecified atom stereocenters. The molecule has 0 saturated carbocycles. The van der Waals surface area contributed by atoms with Crippen LogP contribution in [0.2, 0.25) is 5.02 Å². The Morgan fingerprint density at radius 2 is 1.96 bits per heavy atom. The first-order valence-electron chi connectivity index (χ1n) is 7.40. The van der Waals surface area contributed by atoms with Crippen LogP contribution >= 0.6 is 11.6 Å². The van der Waals surface area contributed by atoms with Crippen molar-refractivity contribution in [2.75, 3.05) is 5.32 Å². The number of alkyl halides is 3. The Hall–Kier alpha value is -2.67. The van der Waals surface area contributed by atoms with E-state index in [2.05, 4.69) is 15.3 Å². The SMILES string of the molecule is Cn1c(Nc2c[nH]c3ccc(Cl)cc23)nc2cc(C(F)(F)F)ccc21. The van der Waals surface area contributed by atoms with E-state index in [-0.39, 0.29) is 5.52 Å². The Kier molecular flexibility index (Phi) is 3.43. The molecular formula is C17H12ClF3N4. The molecule has 0 aliphatic rings. The van der Waals surface area contributed by atoms with Crippen molar-refractivity contribution in [2.24, 2.45) is 7.05 Å². The van der Waals surface area contributed by atoms with Gasteiger partial charge < -0.3 is 14.9 Å². The third-order valence-corrected chi connectivity index (χ3v) is 4.33. The van der Waals surface area contributed by atoms with Crippen LogP contribution in [0.15, 0.2) is 42.6 Å². The van der Waals surface area contributed by atoms with Crippen molar-refractivity contribution in [1.29, 1.82) is 0 Å². The zero-order valence-electron chi connectivity index (χ0n) is 12.9. The molecular weight excluding hydrogens is 353 g/mol. The van der Waals surface area contributed by atoms with Crippen LogP contribution in [-0.4, -0.2) is 14.5 Å². The van der Waals surface area contributed by atoms with E-state index in [1.54, 1.807) is 29.9 Å². The number of anilines is 2. The lowest BCUT2D eigenvalue weighted by Crippen LogP contribution is -2.04. The van der Waals surface area contributed by atoms with Crippen molar-refractivity contribution in [3.05, 3.63) is 53.2 Å². The zero-order valence-corrected chi connectivity index (χ0v) is 13.7. The summed E-state index contributed by atoms with van der Waals surface area (Å²) in [5.41, 5.74) is 1.80. The lowest BCUT2D eigenvalue weighted by atomic mass is 10.2. The van der Waals surface area contributed by atoms with Crippen LogP contribution in [0.3, 0.4) is 0 Å². The number of halogens is 4. The van der Waals surface area contributed by atoms with Gasteiger partial charge in [0.25, 0.3) is 0 Å². The average molecular weight is 365 g/mol. The lowest BCUT2D eigenvalue weighted by molar-refractivity contribution is -0.137. The fourth-order valence-corrected chi connectivity index (χ4v) is 2.98. The van der Waals surface area contributed by atoms with Gasteiger partial charge in [0.2, 0.25) is 5.95 Å². The van der Waals surface area contributed by atoms with Gasteiger partial charge in [-0.3, -0.25) is 0 Å². The first-order chi connectivity index (χ1) is 11.8. The number of nitrogens with zero attached hydrogens (tertiary/aromatic N) is 2. The second-order valence-corrected chi connectivity index (χ2v) is 6.15. The summed E-state index contributed by atoms with van der Waals surface area (Å²) >= 11 is 6.04. The minimum absolute atomic E-state index is 0.276. The zero-order chi connectivity index (χ0) is 17.8. The fourth-order valence-electron chi connectivity index (χ4n) is 2.80. The van der Waals surface area contributed by atoms with Crippen molar-refractivity contribution in [3.8, 4) is 0 Å². The molecule has 4 rings (SSSR count). The van der Waals surface area contributed by atoms with Gasteiger partial charge in [-0.25, -0.2) is 4.98 Å². The van der Waals surface area contributed by atoms with Crippen LogP contribution in [0, 0.1) is 0 Å². The number of hydrogen-bond donors (Lipinski definition) is 2. The number of fused-ring (bicyclic) bond motifs is 2. The summed E-state index contributed by atoms with van der Waals surface area (Å²) in [5, 5.41) is 4.61. The van der Waals surface area contributed by atoms with E-state index >= 15 is 0 Å². The molecule has 0 saturated heterocycles. The van der Waals surface area contributed by atoms with Gasteiger partial charge in [0.15, 0.2) is 0 Å². The van der Waals surface area contributed by atoms with Crippen LogP contribution < -0.4 is 5.32 Å². The fraction of sp³-hybridized carbons (Fsp3) is 0.118. The number of benzene rings is 2. The van der Waals surface area contributed by atoms with Crippen molar-refractivity contribution >= 4 is 45.2 Å². The Labute approximate surface area is 145 Å². The van der Waals surface area contributed by atoms with Crippen LogP contribution in [-0.2, 0) is 13.2 Å². The number of aryl methyl sites for hydroxylation is 1. The molecule has 2 heterocycles. The standard InChI is InChI=1S/C17H12ClF3N4/c1-25-15-5-2-9(17(19,20)21)6-13(15)23-16(25)24-14-8-22-12-4-3-10(18)7-11(12)14/h2-8,22H,1H3,(H,23,24). The molecule has 4 nitrogen and oxygen atoms in total. The van der Waals surface area contributed by atoms with Crippen molar-refractivity contribution in [2.45, 2.75) is 6.18 Å². The highest BCUT2D eigenvalue weighted by Crippen LogP contribution is 2.33. The smallest absolute Gasteiger partial charge is 0.359 e. The minimum Gasteiger partial charge on any atom is -0.359 e. The maximum Gasteiger partial charge on any atom is 0.416 e. The Balaban J connectivity index is 1.78. The molecule has 0 atom stereocenters. The Bertz CT molecular complexity index is 1090. The van der Waals surface area contributed by atoms with E-state index in [4.69, 9.17) is 11.6 Å². The number of aromatic amines is 1. The van der Waals surface area contributed by atoms with Gasteiger partial charge in [-0.2, -0.15) is 13.2 Å². The van der Waals surface area contributed by atoms with Gasteiger partial charge >= 0.3 is 6.18 Å². The second-order valence-electron chi connectivity index (χ2n) is 5.71. The predicted molar refractivity (Wildman–Crippen MR) is 92.3 cm³/mol. The van der Waals surface area contributed by atoms with E-state index in [1.807, 2.05) is 6.07 Å². The lowest BCUT2D eigenvalue weighted by Gasteiger charge is -2.06. The summed E-state index contributed by atoms with van der Waals surface area (Å²) in [6.07, 6.45) is -2.63. The van der Waals surface area contributed by atoms with E-state index in [9.17, 15) is 13.2 Å². The van der Waals surface area contributed by atoms with Crippen LogP contribution in [0.1, 0.15) is 5.56 Å². The molecule has 0 fully saturated rings. The maximum atomic E-state index is 12.9. The number of imidazole rings is 1. The summed E-state index contributed by atoms with van der Waals surface area (Å²) < 4.78 is 40.3. The molecule has 8 heteroatoms. The number of aromatic nitrogens is 3. The average Bonchev–Trinajstić information content (AvgIpc) is 3.08. The topological polar surface area (TPSA) is 45.6 Å². The molecule has 25 heavy (non-hydrogen) atoms. The maximum absolute atomic E-state index is 12.9. The van der Waals surface area contributed by atoms with E-state index < -0.39 is 11.7 Å². The number of H-pyrrole nitrogens is 1. The van der Waals surface area contributed by atoms with Crippen molar-refractivity contribution in [1.82, 2.24) is 14.5 Å². The molecule has 0 amide bonds. The quantitative estimate of drug-likeness (QED) is 0.495. The van der Waals surface area contributed by atoms with Gasteiger partial charge in [0.05, 0.1) is 22.3 Å². The molecule has 4 aromatic rings. The first-order valence-corrected chi connectivity index (χ1v) is 7.78. The van der Waals surface area contributed by atoms with Gasteiger partial charge in [0, 0.05) is 29.2 Å². The second kappa shape index (κ2) is 5.42. The molecule has 0 bridgehead atoms. The molecule has 128 valence electrons. The number of nitrogens with one attached hydrogen (secondary N) is 2. The highest BCUT2D eigenvalue weighted by molar-refractivity contribution is 6.31. The van der Waals surface area contributed by atoms with Gasteiger partial charge in [-0.1, -0.05) is 11.6 Å². The molecule has 0 spiro atoms. The summed E-state index contributed by atoms with van der Waals surface area (Å²) in [5.74, 6) is 0.440. The Morgan fingerprint density at radius 3 is 2.72 bits per heavy atom. The molecule has 2 N–H and O–H groups in total. The van der Waals surface area contributed by atoms with E-state index in [0.717, 1.165) is 28.7 Å². The number of hydrogen-bond acceptors (Lipinski definition) is 2. The summed E-state index contributed by atoms with van der Waals surface area (Å²) in [6.45, 7) is 0. The van der Waals surface area contributed by atoms with Crippen LogP contribution in [0.25, 0.3) is 21.9 Å². The highest BCUT2D eigenvalue weighted by atomic mass is 35.5. The van der Waals surface area contributed by atoms with Crippen molar-refractivity contribution in [3.63, 3.8) is 0 Å². The minimum atomic E-state index is -4.40. The van der Waals surface area contributed by atoms with E-state index in [0.29, 0.717) is 16.5 Å². The molecule has 0 radical (unpaired) electrons. The third-order valence-electron chi connectivity index (χ3n) is 4.10. The van der Waals surface area contributed by atoms with Gasteiger partial charge in [-0.15, -0.1) is 0 Å². The largest absolute Gasteiger partial charge is 0.416 e. The van der Waals surface area contributed by atoms with E-state index in [1.165, 1.54) is 6.07 Å². The monoisotopic (exact) mass is 364 g/mol. The molecule has 2 aromatic carbocycles. The van der Waals surface area contributed by atoms with Crippen LogP contribution in [0.5, 0.6) is 0 Å². The van der Waals surface area contributed by atoms with Crippen LogP contribution in [0.4, 0.5) is 24.8 Å². The molecule has 0 aliphatic heterocycles. The molecule has 2 aromatic heterocycles. The molecule has 0 aliphatic carbocycles. The first kappa shape index (κ1) is 15.8. The van der Waals surface area contributed by atoms with Gasteiger partial charge in [-0.05, 0) is 36.4 Å². The predicted octanol–water partition coefficient (Wildman–Crippen LogP) is 5.47. The normalized spacial score (nSPS) is 12.2. The van der Waals surface area contributed by atoms with Crippen molar-refractivity contribution < 1.29 is 13.2 Å². The highest BCUT2D eigenvalue weighted by Gasteiger charge is 2.31.